The van der Waals surface area contributed by atoms with E-state index in [2.05, 4.69) is 0 Å². The predicted molar refractivity (Wildman–Crippen MR) is 139 cm³/mol. The quantitative estimate of drug-likeness (QED) is 0.286. The molecule has 0 heterocycles. The standard InChI is InChI=1S/C29H42O12/c1-15(31)38-14-28-24(41-18(4)34)10-19(39-16(2)32)11-27(28,36)8-6-21-25(28)23(40-17(3)33)12-26(5)20(22(35)13-30)7-9-29(21,26)37/h19-21,23-25,30,36-37H,6-14H2,1-5H3/t19-,20-,21+,23-,24+,25-,26-,27+,28+,29-/m1/s1. The summed E-state index contributed by atoms with van der Waals surface area (Å²) < 4.78 is 22.8. The van der Waals surface area contributed by atoms with Gasteiger partial charge >= 0.3 is 23.9 Å². The summed E-state index contributed by atoms with van der Waals surface area (Å²) in [5.41, 5.74) is -5.82. The Hall–Kier alpha value is -2.57. The van der Waals surface area contributed by atoms with Crippen molar-refractivity contribution in [3.05, 3.63) is 0 Å². The van der Waals surface area contributed by atoms with Crippen molar-refractivity contribution in [1.29, 1.82) is 0 Å². The van der Waals surface area contributed by atoms with Crippen molar-refractivity contribution in [1.82, 2.24) is 0 Å². The normalized spacial score (nSPS) is 43.0. The van der Waals surface area contributed by atoms with Gasteiger partial charge in [0.15, 0.2) is 5.78 Å². The third kappa shape index (κ3) is 4.95. The Balaban J connectivity index is 1.94. The Labute approximate surface area is 239 Å². The number of ether oxygens (including phenoxy) is 4. The number of rotatable bonds is 7. The van der Waals surface area contributed by atoms with Crippen LogP contribution in [0.2, 0.25) is 0 Å². The molecule has 41 heavy (non-hydrogen) atoms. The Bertz CT molecular complexity index is 1110. The van der Waals surface area contributed by atoms with Gasteiger partial charge in [-0.05, 0) is 38.0 Å². The lowest BCUT2D eigenvalue weighted by molar-refractivity contribution is -0.320. The minimum atomic E-state index is -1.72. The minimum Gasteiger partial charge on any atom is -0.465 e. The Morgan fingerprint density at radius 3 is 2.02 bits per heavy atom. The molecule has 10 atom stereocenters. The predicted octanol–water partition coefficient (Wildman–Crippen LogP) is 0.995. The highest BCUT2D eigenvalue weighted by molar-refractivity contribution is 5.83. The molecule has 0 unspecified atom stereocenters. The van der Waals surface area contributed by atoms with Gasteiger partial charge in [-0.25, -0.2) is 0 Å². The van der Waals surface area contributed by atoms with Crippen LogP contribution >= 0.6 is 0 Å². The largest absolute Gasteiger partial charge is 0.465 e. The molecule has 12 heteroatoms. The van der Waals surface area contributed by atoms with Crippen LogP contribution in [0.4, 0.5) is 0 Å². The molecule has 0 amide bonds. The maximum atomic E-state index is 12.9. The molecule has 0 aromatic heterocycles. The van der Waals surface area contributed by atoms with Crippen LogP contribution in [0, 0.1) is 28.6 Å². The monoisotopic (exact) mass is 582 g/mol. The van der Waals surface area contributed by atoms with Crippen LogP contribution in [0.1, 0.15) is 79.6 Å². The zero-order valence-corrected chi connectivity index (χ0v) is 24.3. The van der Waals surface area contributed by atoms with Gasteiger partial charge in [0.05, 0.1) is 16.6 Å². The first-order chi connectivity index (χ1) is 19.0. The van der Waals surface area contributed by atoms with E-state index in [9.17, 15) is 39.3 Å². The molecule has 0 aromatic rings. The van der Waals surface area contributed by atoms with E-state index in [1.54, 1.807) is 6.92 Å². The van der Waals surface area contributed by atoms with Crippen LogP contribution in [0.15, 0.2) is 0 Å². The third-order valence-corrected chi connectivity index (χ3v) is 10.6. The van der Waals surface area contributed by atoms with Crippen LogP contribution in [0.25, 0.3) is 0 Å². The summed E-state index contributed by atoms with van der Waals surface area (Å²) in [7, 11) is 0. The number of hydrogen-bond donors (Lipinski definition) is 3. The molecule has 4 saturated carbocycles. The number of hydrogen-bond acceptors (Lipinski definition) is 12. The average molecular weight is 583 g/mol. The smallest absolute Gasteiger partial charge is 0.302 e. The van der Waals surface area contributed by atoms with E-state index in [4.69, 9.17) is 18.9 Å². The number of fused-ring (bicyclic) bond motifs is 5. The summed E-state index contributed by atoms with van der Waals surface area (Å²) in [6, 6.07) is 0. The van der Waals surface area contributed by atoms with Crippen LogP contribution in [0.3, 0.4) is 0 Å². The summed E-state index contributed by atoms with van der Waals surface area (Å²) in [6.07, 6.45) is -2.12. The Morgan fingerprint density at radius 2 is 1.46 bits per heavy atom. The highest BCUT2D eigenvalue weighted by Gasteiger charge is 2.77. The molecule has 0 aromatic carbocycles. The van der Waals surface area contributed by atoms with Gasteiger partial charge in [0.2, 0.25) is 0 Å². The lowest BCUT2D eigenvalue weighted by atomic mass is 9.40. The van der Waals surface area contributed by atoms with Crippen LogP contribution in [-0.2, 0) is 42.9 Å². The summed E-state index contributed by atoms with van der Waals surface area (Å²) in [6.45, 7) is 5.55. The van der Waals surface area contributed by atoms with Crippen molar-refractivity contribution in [2.45, 2.75) is 109 Å². The van der Waals surface area contributed by atoms with E-state index in [1.807, 2.05) is 0 Å². The van der Waals surface area contributed by atoms with Crippen LogP contribution < -0.4 is 0 Å². The number of carbonyl (C=O) groups is 5. The first-order valence-electron chi connectivity index (χ1n) is 14.3. The van der Waals surface area contributed by atoms with Gasteiger partial charge in [0.25, 0.3) is 0 Å². The fraction of sp³-hybridized carbons (Fsp3) is 0.828. The molecule has 0 spiro atoms. The second-order valence-corrected chi connectivity index (χ2v) is 12.7. The Morgan fingerprint density at radius 1 is 0.829 bits per heavy atom. The molecular formula is C29H42O12. The van der Waals surface area contributed by atoms with Gasteiger partial charge in [0, 0.05) is 57.8 Å². The molecule has 3 N–H and O–H groups in total. The van der Waals surface area contributed by atoms with Gasteiger partial charge in [0.1, 0.15) is 31.5 Å². The van der Waals surface area contributed by atoms with Crippen molar-refractivity contribution in [3.63, 3.8) is 0 Å². The minimum absolute atomic E-state index is 0.0138. The number of ketones is 1. The fourth-order valence-corrected chi connectivity index (χ4v) is 9.24. The molecule has 4 fully saturated rings. The number of aliphatic hydroxyl groups is 3. The number of carbonyl (C=O) groups excluding carboxylic acids is 5. The van der Waals surface area contributed by atoms with E-state index in [1.165, 1.54) is 27.7 Å². The SMILES string of the molecule is CC(=O)OC[C@]12[C@H]3[C@H](OC(C)=O)C[C@]4(C)[C@@H](C(=O)CO)CC[C@@]4(O)[C@H]3CC[C@]1(O)C[C@H](OC(C)=O)C[C@@H]2OC(C)=O. The molecule has 4 rings (SSSR count). The molecule has 12 nitrogen and oxygen atoms in total. The van der Waals surface area contributed by atoms with E-state index < -0.39 is 101 Å². The topological polar surface area (TPSA) is 183 Å². The van der Waals surface area contributed by atoms with Crippen molar-refractivity contribution in [2.24, 2.45) is 28.6 Å². The van der Waals surface area contributed by atoms with E-state index in [-0.39, 0.29) is 38.5 Å². The van der Waals surface area contributed by atoms with Crippen LogP contribution in [0.5, 0.6) is 0 Å². The molecule has 0 radical (unpaired) electrons. The first-order valence-corrected chi connectivity index (χ1v) is 14.3. The molecule has 0 aliphatic heterocycles. The lowest BCUT2D eigenvalue weighted by Crippen LogP contribution is -2.76. The molecule has 4 aliphatic rings. The maximum absolute atomic E-state index is 12.9. The van der Waals surface area contributed by atoms with Gasteiger partial charge in [-0.1, -0.05) is 6.92 Å². The zero-order chi connectivity index (χ0) is 30.5. The maximum Gasteiger partial charge on any atom is 0.302 e. The second kappa shape index (κ2) is 10.9. The van der Waals surface area contributed by atoms with Crippen molar-refractivity contribution in [2.75, 3.05) is 13.2 Å². The third-order valence-electron chi connectivity index (χ3n) is 10.6. The van der Waals surface area contributed by atoms with E-state index in [0.29, 0.717) is 6.42 Å². The summed E-state index contributed by atoms with van der Waals surface area (Å²) in [5.74, 6) is -5.16. The fourth-order valence-electron chi connectivity index (χ4n) is 9.24. The number of Topliss-reactive ketones (excluding diaryl/α,β-unsaturated/α-hetero) is 1. The summed E-state index contributed by atoms with van der Waals surface area (Å²) >= 11 is 0. The van der Waals surface area contributed by atoms with Gasteiger partial charge in [-0.3, -0.25) is 24.0 Å². The van der Waals surface area contributed by atoms with Crippen molar-refractivity contribution < 1.29 is 58.2 Å². The van der Waals surface area contributed by atoms with Crippen molar-refractivity contribution >= 4 is 29.7 Å². The molecule has 230 valence electrons. The van der Waals surface area contributed by atoms with Gasteiger partial charge in [-0.15, -0.1) is 0 Å². The Kier molecular flexibility index (Phi) is 8.36. The lowest BCUT2D eigenvalue weighted by Gasteiger charge is -2.68. The highest BCUT2D eigenvalue weighted by atomic mass is 16.6. The average Bonchev–Trinajstić information content (AvgIpc) is 3.11. The van der Waals surface area contributed by atoms with E-state index >= 15 is 0 Å². The van der Waals surface area contributed by atoms with Crippen LogP contribution in [-0.4, -0.2) is 87.7 Å². The summed E-state index contributed by atoms with van der Waals surface area (Å²) in [4.78, 5) is 61.9. The summed E-state index contributed by atoms with van der Waals surface area (Å²) in [5, 5.41) is 34.7. The van der Waals surface area contributed by atoms with Crippen molar-refractivity contribution in [3.8, 4) is 0 Å². The molecule has 0 bridgehead atoms. The van der Waals surface area contributed by atoms with E-state index in [0.717, 1.165) is 0 Å². The van der Waals surface area contributed by atoms with Gasteiger partial charge in [-0.2, -0.15) is 0 Å². The highest BCUT2D eigenvalue weighted by Crippen LogP contribution is 2.71. The number of esters is 4. The molecular weight excluding hydrogens is 540 g/mol. The zero-order valence-electron chi connectivity index (χ0n) is 24.3. The number of aliphatic hydroxyl groups excluding tert-OH is 1. The molecule has 0 saturated heterocycles. The first kappa shape index (κ1) is 31.4. The second-order valence-electron chi connectivity index (χ2n) is 12.7. The van der Waals surface area contributed by atoms with Gasteiger partial charge < -0.3 is 34.3 Å². The molecule has 4 aliphatic carbocycles.